The fourth-order valence-corrected chi connectivity index (χ4v) is 3.18. The summed E-state index contributed by atoms with van der Waals surface area (Å²) in [5, 5.41) is 3.43. The molecule has 0 fully saturated rings. The molecule has 4 nitrogen and oxygen atoms in total. The van der Waals surface area contributed by atoms with E-state index in [1.807, 2.05) is 6.20 Å². The average molecular weight is 260 g/mol. The molecular formula is C15H20N2O2. The highest BCUT2D eigenvalue weighted by Gasteiger charge is 2.36. The molecule has 4 heteroatoms. The second-order valence-electron chi connectivity index (χ2n) is 5.95. The van der Waals surface area contributed by atoms with Crippen LogP contribution in [0.5, 0.6) is 0 Å². The molecule has 0 atom stereocenters. The predicted molar refractivity (Wildman–Crippen MR) is 74.3 cm³/mol. The predicted octanol–water partition coefficient (Wildman–Crippen LogP) is 1.94. The van der Waals surface area contributed by atoms with Crippen LogP contribution in [-0.4, -0.2) is 30.7 Å². The minimum Gasteiger partial charge on any atom is -0.465 e. The molecule has 0 saturated heterocycles. The minimum absolute atomic E-state index is 0.0159. The number of hydrogen-bond donors (Lipinski definition) is 1. The van der Waals surface area contributed by atoms with E-state index in [-0.39, 0.29) is 11.4 Å². The summed E-state index contributed by atoms with van der Waals surface area (Å²) in [6.07, 6.45) is 5.23. The summed E-state index contributed by atoms with van der Waals surface area (Å²) < 4.78 is 7.16. The largest absolute Gasteiger partial charge is 0.465 e. The molecule has 0 radical (unpaired) electrons. The maximum Gasteiger partial charge on any atom is 0.339 e. The summed E-state index contributed by atoms with van der Waals surface area (Å²) >= 11 is 0. The molecular weight excluding hydrogens is 240 g/mol. The van der Waals surface area contributed by atoms with Crippen molar-refractivity contribution in [2.24, 2.45) is 0 Å². The minimum atomic E-state index is -0.224. The summed E-state index contributed by atoms with van der Waals surface area (Å²) in [5.41, 5.74) is 4.40. The molecule has 19 heavy (non-hydrogen) atoms. The van der Waals surface area contributed by atoms with Crippen LogP contribution in [0.25, 0.3) is 5.57 Å². The number of hydrogen-bond acceptors (Lipinski definition) is 3. The number of nitrogens with one attached hydrogen (secondary N) is 1. The topological polar surface area (TPSA) is 43.3 Å². The monoisotopic (exact) mass is 260 g/mol. The number of carbonyl (C=O) groups is 1. The first kappa shape index (κ1) is 12.5. The van der Waals surface area contributed by atoms with Crippen LogP contribution in [0.4, 0.5) is 0 Å². The molecule has 1 N–H and O–H groups in total. The molecule has 1 aromatic rings. The second-order valence-corrected chi connectivity index (χ2v) is 5.95. The van der Waals surface area contributed by atoms with Gasteiger partial charge in [0.2, 0.25) is 0 Å². The van der Waals surface area contributed by atoms with Crippen LogP contribution < -0.4 is 5.32 Å². The van der Waals surface area contributed by atoms with Gasteiger partial charge in [-0.2, -0.15) is 0 Å². The lowest BCUT2D eigenvalue weighted by molar-refractivity contribution is 0.0598. The van der Waals surface area contributed by atoms with E-state index in [0.29, 0.717) is 0 Å². The van der Waals surface area contributed by atoms with E-state index in [2.05, 4.69) is 29.8 Å². The molecule has 0 spiro atoms. The molecule has 0 bridgehead atoms. The molecule has 0 unspecified atom stereocenters. The standard InChI is InChI=1S/C15H20N2O2/c1-15(2)5-4-10-8-16-6-7-17-9-11(14(18)19-3)12(15)13(10)17/h4,9,16H,5-8H2,1-3H3. The van der Waals surface area contributed by atoms with Gasteiger partial charge in [-0.15, -0.1) is 0 Å². The molecule has 0 amide bonds. The first-order valence-corrected chi connectivity index (χ1v) is 6.76. The smallest absolute Gasteiger partial charge is 0.339 e. The lowest BCUT2D eigenvalue weighted by Crippen LogP contribution is -2.25. The van der Waals surface area contributed by atoms with Crippen LogP contribution in [0.2, 0.25) is 0 Å². The second kappa shape index (κ2) is 4.23. The Kier molecular flexibility index (Phi) is 2.78. The van der Waals surface area contributed by atoms with Crippen LogP contribution in [0.1, 0.15) is 41.9 Å². The number of rotatable bonds is 1. The summed E-state index contributed by atoms with van der Waals surface area (Å²) in [4.78, 5) is 12.0. The zero-order chi connectivity index (χ0) is 13.6. The molecule has 2 heterocycles. The van der Waals surface area contributed by atoms with Crippen molar-refractivity contribution in [3.05, 3.63) is 29.1 Å². The molecule has 102 valence electrons. The fourth-order valence-electron chi connectivity index (χ4n) is 3.18. The van der Waals surface area contributed by atoms with E-state index in [1.165, 1.54) is 18.4 Å². The third kappa shape index (κ3) is 1.82. The average Bonchev–Trinajstić information content (AvgIpc) is 2.66. The molecule has 1 aliphatic carbocycles. The molecule has 2 aliphatic rings. The van der Waals surface area contributed by atoms with Crippen LogP contribution >= 0.6 is 0 Å². The third-order valence-corrected chi connectivity index (χ3v) is 4.17. The van der Waals surface area contributed by atoms with Gasteiger partial charge in [-0.3, -0.25) is 0 Å². The first-order chi connectivity index (χ1) is 9.04. The fraction of sp³-hybridized carbons (Fsp3) is 0.533. The SMILES string of the molecule is COC(=O)c1cn2c3c1C(C)(C)CC=C3CNCC2. The molecule has 1 aliphatic heterocycles. The molecule has 1 aromatic heterocycles. The van der Waals surface area contributed by atoms with Crippen molar-refractivity contribution in [3.8, 4) is 0 Å². The molecule has 0 aromatic carbocycles. The maximum atomic E-state index is 12.0. The normalized spacial score (nSPS) is 20.3. The number of methoxy groups -OCH3 is 1. The van der Waals surface area contributed by atoms with Gasteiger partial charge in [0.25, 0.3) is 0 Å². The number of nitrogens with zero attached hydrogens (tertiary/aromatic N) is 1. The number of ether oxygens (including phenoxy) is 1. The highest BCUT2D eigenvalue weighted by molar-refractivity contribution is 5.94. The molecule has 3 rings (SSSR count). The van der Waals surface area contributed by atoms with Crippen LogP contribution in [0.3, 0.4) is 0 Å². The van der Waals surface area contributed by atoms with Gasteiger partial charge in [-0.1, -0.05) is 19.9 Å². The Bertz CT molecular complexity index is 567. The summed E-state index contributed by atoms with van der Waals surface area (Å²) in [5.74, 6) is -0.224. The van der Waals surface area contributed by atoms with E-state index in [4.69, 9.17) is 4.74 Å². The highest BCUT2D eigenvalue weighted by Crippen LogP contribution is 2.42. The van der Waals surface area contributed by atoms with Gasteiger partial charge in [0.15, 0.2) is 0 Å². The lowest BCUT2D eigenvalue weighted by Gasteiger charge is -2.30. The summed E-state index contributed by atoms with van der Waals surface area (Å²) in [6, 6.07) is 0. The van der Waals surface area contributed by atoms with Gasteiger partial charge in [0.1, 0.15) is 0 Å². The quantitative estimate of drug-likeness (QED) is 0.785. The Morgan fingerprint density at radius 3 is 3.00 bits per heavy atom. The van der Waals surface area contributed by atoms with Crippen molar-refractivity contribution < 1.29 is 9.53 Å². The zero-order valence-corrected chi connectivity index (χ0v) is 11.7. The van der Waals surface area contributed by atoms with Crippen LogP contribution in [0.15, 0.2) is 12.3 Å². The number of esters is 1. The van der Waals surface area contributed by atoms with E-state index in [1.54, 1.807) is 0 Å². The highest BCUT2D eigenvalue weighted by atomic mass is 16.5. The Hall–Kier alpha value is -1.55. The Labute approximate surface area is 113 Å². The Balaban J connectivity index is 2.26. The third-order valence-electron chi connectivity index (χ3n) is 4.17. The van der Waals surface area contributed by atoms with Crippen molar-refractivity contribution in [3.63, 3.8) is 0 Å². The molecule has 0 saturated carbocycles. The van der Waals surface area contributed by atoms with E-state index in [9.17, 15) is 4.79 Å². The van der Waals surface area contributed by atoms with Crippen molar-refractivity contribution in [1.29, 1.82) is 0 Å². The van der Waals surface area contributed by atoms with Gasteiger partial charge in [-0.25, -0.2) is 4.79 Å². The summed E-state index contributed by atoms with van der Waals surface area (Å²) in [6.45, 7) is 7.10. The van der Waals surface area contributed by atoms with Gasteiger partial charge < -0.3 is 14.6 Å². The lowest BCUT2D eigenvalue weighted by atomic mass is 9.74. The van der Waals surface area contributed by atoms with Gasteiger partial charge in [0, 0.05) is 31.5 Å². The van der Waals surface area contributed by atoms with Crippen LogP contribution in [-0.2, 0) is 16.7 Å². The van der Waals surface area contributed by atoms with Crippen molar-refractivity contribution in [2.75, 3.05) is 20.2 Å². The van der Waals surface area contributed by atoms with Gasteiger partial charge >= 0.3 is 5.97 Å². The first-order valence-electron chi connectivity index (χ1n) is 6.76. The van der Waals surface area contributed by atoms with Crippen LogP contribution in [0, 0.1) is 0 Å². The van der Waals surface area contributed by atoms with Gasteiger partial charge in [0.05, 0.1) is 12.7 Å². The number of carbonyl (C=O) groups excluding carboxylic acids is 1. The maximum absolute atomic E-state index is 12.0. The van der Waals surface area contributed by atoms with E-state index < -0.39 is 0 Å². The number of aromatic nitrogens is 1. The van der Waals surface area contributed by atoms with E-state index in [0.717, 1.165) is 37.2 Å². The van der Waals surface area contributed by atoms with Crippen molar-refractivity contribution in [2.45, 2.75) is 32.2 Å². The van der Waals surface area contributed by atoms with Gasteiger partial charge in [-0.05, 0) is 23.0 Å². The Morgan fingerprint density at radius 1 is 1.47 bits per heavy atom. The Morgan fingerprint density at radius 2 is 2.26 bits per heavy atom. The van der Waals surface area contributed by atoms with Crippen molar-refractivity contribution in [1.82, 2.24) is 9.88 Å². The number of allylic oxidation sites excluding steroid dienone is 1. The van der Waals surface area contributed by atoms with Crippen molar-refractivity contribution >= 4 is 11.5 Å². The summed E-state index contributed by atoms with van der Waals surface area (Å²) in [7, 11) is 1.45. The van der Waals surface area contributed by atoms with E-state index >= 15 is 0 Å². The zero-order valence-electron chi connectivity index (χ0n) is 11.7.